The van der Waals surface area contributed by atoms with E-state index >= 15 is 0 Å². The molecule has 0 aliphatic rings. The third kappa shape index (κ3) is 2.57. The molecule has 6 nitrogen and oxygen atoms in total. The van der Waals surface area contributed by atoms with Gasteiger partial charge in [0, 0.05) is 6.07 Å². The van der Waals surface area contributed by atoms with Crippen LogP contribution in [0.1, 0.15) is 25.3 Å². The fraction of sp³-hybridized carbons (Fsp3) is 0.308. The summed E-state index contributed by atoms with van der Waals surface area (Å²) in [5.74, 6) is 0.250. The molecule has 2 aromatic rings. The summed E-state index contributed by atoms with van der Waals surface area (Å²) in [6.45, 7) is 3.63. The molecule has 0 saturated carbocycles. The van der Waals surface area contributed by atoms with Crippen molar-refractivity contribution in [2.75, 3.05) is 7.11 Å². The normalized spacial score (nSPS) is 10.7. The van der Waals surface area contributed by atoms with Crippen molar-refractivity contribution in [1.82, 2.24) is 15.0 Å². The molecular formula is C13H15N3O3. The van der Waals surface area contributed by atoms with Crippen LogP contribution in [0.25, 0.3) is 11.5 Å². The number of aromatic amines is 1. The number of aromatic hydroxyl groups is 1. The fourth-order valence-corrected chi connectivity index (χ4v) is 1.77. The predicted octanol–water partition coefficient (Wildman–Crippen LogP) is 1.67. The number of ether oxygens (including phenoxy) is 1. The molecule has 2 N–H and O–H groups in total. The molecule has 2 rings (SSSR count). The number of aromatic nitrogens is 3. The molecule has 0 amide bonds. The van der Waals surface area contributed by atoms with Crippen LogP contribution < -0.4 is 10.3 Å². The Bertz CT molecular complexity index is 650. The van der Waals surface area contributed by atoms with Crippen molar-refractivity contribution >= 4 is 0 Å². The lowest BCUT2D eigenvalue weighted by Gasteiger charge is -2.08. The molecule has 19 heavy (non-hydrogen) atoms. The molecule has 0 aliphatic heterocycles. The summed E-state index contributed by atoms with van der Waals surface area (Å²) in [6.07, 6.45) is 0. The van der Waals surface area contributed by atoms with Gasteiger partial charge in [0.25, 0.3) is 5.56 Å². The van der Waals surface area contributed by atoms with E-state index < -0.39 is 0 Å². The minimum atomic E-state index is -0.359. The Labute approximate surface area is 110 Å². The number of nitrogens with one attached hydrogen (secondary N) is 1. The van der Waals surface area contributed by atoms with Gasteiger partial charge in [0.15, 0.2) is 5.82 Å². The molecule has 0 aliphatic carbocycles. The van der Waals surface area contributed by atoms with Gasteiger partial charge in [-0.1, -0.05) is 19.9 Å². The first-order valence-corrected chi connectivity index (χ1v) is 5.87. The monoisotopic (exact) mass is 261 g/mol. The maximum absolute atomic E-state index is 11.9. The Morgan fingerprint density at radius 3 is 2.63 bits per heavy atom. The lowest BCUT2D eigenvalue weighted by molar-refractivity contribution is 0.398. The largest absolute Gasteiger partial charge is 0.493 e. The zero-order chi connectivity index (χ0) is 14.0. The van der Waals surface area contributed by atoms with Crippen molar-refractivity contribution in [2.24, 2.45) is 0 Å². The second-order valence-electron chi connectivity index (χ2n) is 4.37. The first-order chi connectivity index (χ1) is 9.02. The highest BCUT2D eigenvalue weighted by Crippen LogP contribution is 2.22. The van der Waals surface area contributed by atoms with Crippen LogP contribution in [0.2, 0.25) is 0 Å². The summed E-state index contributed by atoms with van der Waals surface area (Å²) < 4.78 is 5.01. The summed E-state index contributed by atoms with van der Waals surface area (Å²) in [5, 5.41) is 9.84. The molecule has 0 aromatic carbocycles. The maximum Gasteiger partial charge on any atom is 0.258 e. The SMILES string of the molecule is COc1cccc(-c2nc(O)c(C(C)C)c(=O)[nH]2)n1. The van der Waals surface area contributed by atoms with Crippen LogP contribution in [0, 0.1) is 0 Å². The van der Waals surface area contributed by atoms with Gasteiger partial charge < -0.3 is 14.8 Å². The highest BCUT2D eigenvalue weighted by molar-refractivity contribution is 5.51. The van der Waals surface area contributed by atoms with Crippen molar-refractivity contribution in [1.29, 1.82) is 0 Å². The van der Waals surface area contributed by atoms with Gasteiger partial charge in [-0.15, -0.1) is 0 Å². The van der Waals surface area contributed by atoms with Crippen molar-refractivity contribution < 1.29 is 9.84 Å². The van der Waals surface area contributed by atoms with Gasteiger partial charge in [0.05, 0.1) is 12.7 Å². The van der Waals surface area contributed by atoms with E-state index in [9.17, 15) is 9.90 Å². The van der Waals surface area contributed by atoms with Crippen LogP contribution >= 0.6 is 0 Å². The molecule has 0 spiro atoms. The van der Waals surface area contributed by atoms with E-state index in [1.807, 2.05) is 13.8 Å². The first-order valence-electron chi connectivity index (χ1n) is 5.87. The van der Waals surface area contributed by atoms with Crippen LogP contribution in [-0.2, 0) is 0 Å². The highest BCUT2D eigenvalue weighted by Gasteiger charge is 2.15. The van der Waals surface area contributed by atoms with Crippen LogP contribution in [-0.4, -0.2) is 27.2 Å². The van der Waals surface area contributed by atoms with Crippen LogP contribution in [0.4, 0.5) is 0 Å². The molecular weight excluding hydrogens is 246 g/mol. The number of nitrogens with zero attached hydrogens (tertiary/aromatic N) is 2. The zero-order valence-corrected chi connectivity index (χ0v) is 11.0. The molecule has 6 heteroatoms. The lowest BCUT2D eigenvalue weighted by Crippen LogP contribution is -2.16. The molecule has 0 saturated heterocycles. The maximum atomic E-state index is 11.9. The lowest BCUT2D eigenvalue weighted by atomic mass is 10.1. The van der Waals surface area contributed by atoms with E-state index in [0.717, 1.165) is 0 Å². The van der Waals surface area contributed by atoms with Gasteiger partial charge in [0.2, 0.25) is 11.8 Å². The number of H-pyrrole nitrogens is 1. The summed E-state index contributed by atoms with van der Waals surface area (Å²) in [6, 6.07) is 5.09. The molecule has 0 radical (unpaired) electrons. The van der Waals surface area contributed by atoms with E-state index in [2.05, 4.69) is 15.0 Å². The van der Waals surface area contributed by atoms with E-state index in [-0.39, 0.29) is 28.7 Å². The van der Waals surface area contributed by atoms with Gasteiger partial charge in [-0.25, -0.2) is 4.98 Å². The minimum absolute atomic E-state index is 0.108. The van der Waals surface area contributed by atoms with Gasteiger partial charge in [-0.05, 0) is 12.0 Å². The van der Waals surface area contributed by atoms with E-state index in [1.165, 1.54) is 7.11 Å². The summed E-state index contributed by atoms with van der Waals surface area (Å²) in [7, 11) is 1.50. The number of pyridine rings is 1. The molecule has 0 bridgehead atoms. The van der Waals surface area contributed by atoms with Crippen molar-refractivity contribution in [3.63, 3.8) is 0 Å². The third-order valence-corrected chi connectivity index (χ3v) is 2.69. The Kier molecular flexibility index (Phi) is 3.50. The van der Waals surface area contributed by atoms with Crippen molar-refractivity contribution in [3.8, 4) is 23.3 Å². The van der Waals surface area contributed by atoms with E-state index in [0.29, 0.717) is 11.6 Å². The van der Waals surface area contributed by atoms with E-state index in [4.69, 9.17) is 4.74 Å². The average molecular weight is 261 g/mol. The van der Waals surface area contributed by atoms with Gasteiger partial charge >= 0.3 is 0 Å². The number of hydrogen-bond donors (Lipinski definition) is 2. The Balaban J connectivity index is 2.55. The third-order valence-electron chi connectivity index (χ3n) is 2.69. The van der Waals surface area contributed by atoms with Crippen LogP contribution in [0.3, 0.4) is 0 Å². The molecule has 2 aromatic heterocycles. The second-order valence-corrected chi connectivity index (χ2v) is 4.37. The molecule has 2 heterocycles. The number of hydrogen-bond acceptors (Lipinski definition) is 5. The molecule has 0 fully saturated rings. The Morgan fingerprint density at radius 1 is 1.32 bits per heavy atom. The van der Waals surface area contributed by atoms with E-state index in [1.54, 1.807) is 18.2 Å². The molecule has 0 unspecified atom stereocenters. The molecule has 0 atom stereocenters. The minimum Gasteiger partial charge on any atom is -0.493 e. The summed E-state index contributed by atoms with van der Waals surface area (Å²) in [5.41, 5.74) is 0.343. The zero-order valence-electron chi connectivity index (χ0n) is 11.0. The predicted molar refractivity (Wildman–Crippen MR) is 70.4 cm³/mol. The fourth-order valence-electron chi connectivity index (χ4n) is 1.77. The van der Waals surface area contributed by atoms with Crippen molar-refractivity contribution in [3.05, 3.63) is 34.1 Å². The van der Waals surface area contributed by atoms with Crippen LogP contribution in [0.5, 0.6) is 11.8 Å². The number of rotatable bonds is 3. The standard InChI is InChI=1S/C13H15N3O3/c1-7(2)10-12(17)15-11(16-13(10)18)8-5-4-6-9(14-8)19-3/h4-7H,1-3H3,(H2,15,16,17,18). The Morgan fingerprint density at radius 2 is 2.05 bits per heavy atom. The quantitative estimate of drug-likeness (QED) is 0.877. The summed E-state index contributed by atoms with van der Waals surface area (Å²) >= 11 is 0. The van der Waals surface area contributed by atoms with Crippen LogP contribution in [0.15, 0.2) is 23.0 Å². The highest BCUT2D eigenvalue weighted by atomic mass is 16.5. The van der Waals surface area contributed by atoms with Crippen molar-refractivity contribution in [2.45, 2.75) is 19.8 Å². The van der Waals surface area contributed by atoms with Gasteiger partial charge in [0.1, 0.15) is 5.69 Å². The Hall–Kier alpha value is -2.37. The topological polar surface area (TPSA) is 88.1 Å². The second kappa shape index (κ2) is 5.09. The first kappa shape index (κ1) is 13.1. The smallest absolute Gasteiger partial charge is 0.258 e. The van der Waals surface area contributed by atoms with Gasteiger partial charge in [-0.2, -0.15) is 4.98 Å². The summed E-state index contributed by atoms with van der Waals surface area (Å²) in [4.78, 5) is 22.7. The number of methoxy groups -OCH3 is 1. The average Bonchev–Trinajstić information content (AvgIpc) is 2.37. The van der Waals surface area contributed by atoms with Gasteiger partial charge in [-0.3, -0.25) is 4.79 Å². The molecule has 100 valence electrons.